The molecule has 4 rings (SSSR count). The molecule has 0 radical (unpaired) electrons. The zero-order valence-electron chi connectivity index (χ0n) is 21.9. The van der Waals surface area contributed by atoms with Gasteiger partial charge in [0.2, 0.25) is 5.88 Å². The van der Waals surface area contributed by atoms with E-state index in [0.717, 1.165) is 5.56 Å². The van der Waals surface area contributed by atoms with E-state index in [1.54, 1.807) is 35.7 Å². The van der Waals surface area contributed by atoms with Crippen LogP contribution < -0.4 is 4.74 Å². The third kappa shape index (κ3) is 5.95. The fourth-order valence-corrected chi connectivity index (χ4v) is 5.36. The molecule has 10 nitrogen and oxygen atoms in total. The molecule has 38 heavy (non-hydrogen) atoms. The van der Waals surface area contributed by atoms with Crippen molar-refractivity contribution in [3.05, 3.63) is 71.8 Å². The number of hydrogen-bond donors (Lipinski definition) is 1. The number of pyridine rings is 1. The third-order valence-corrected chi connectivity index (χ3v) is 8.31. The number of imidazole rings is 1. The molecular formula is C27H33N5O5S. The molecule has 202 valence electrons. The Kier molecular flexibility index (Phi) is 8.29. The highest BCUT2D eigenvalue weighted by Crippen LogP contribution is 2.28. The maximum atomic E-state index is 13.6. The minimum Gasteiger partial charge on any atom is -0.472 e. The van der Waals surface area contributed by atoms with Crippen molar-refractivity contribution in [2.45, 2.75) is 31.0 Å². The van der Waals surface area contributed by atoms with Crippen LogP contribution in [0.5, 0.6) is 5.88 Å². The molecular weight excluding hydrogens is 506 g/mol. The number of carbonyl (C=O) groups is 1. The van der Waals surface area contributed by atoms with Crippen LogP contribution in [0.3, 0.4) is 0 Å². The summed E-state index contributed by atoms with van der Waals surface area (Å²) in [4.78, 5) is 23.6. The number of aromatic nitrogens is 3. The largest absolute Gasteiger partial charge is 0.472 e. The Hall–Kier alpha value is -3.54. The van der Waals surface area contributed by atoms with Gasteiger partial charge < -0.3 is 19.3 Å². The molecule has 1 aliphatic rings. The zero-order valence-corrected chi connectivity index (χ0v) is 22.7. The number of likely N-dealkylation sites (N-methyl/N-ethyl adjacent to an activating group) is 1. The quantitative estimate of drug-likeness (QED) is 0.467. The van der Waals surface area contributed by atoms with E-state index in [4.69, 9.17) is 4.74 Å². The molecule has 0 bridgehead atoms. The fraction of sp³-hybridized carbons (Fsp3) is 0.370. The minimum atomic E-state index is -3.85. The Bertz CT molecular complexity index is 1410. The fourth-order valence-electron chi connectivity index (χ4n) is 4.22. The van der Waals surface area contributed by atoms with E-state index >= 15 is 0 Å². The summed E-state index contributed by atoms with van der Waals surface area (Å²) >= 11 is 0. The van der Waals surface area contributed by atoms with E-state index in [0.29, 0.717) is 5.56 Å². The average molecular weight is 540 g/mol. The highest BCUT2D eigenvalue weighted by atomic mass is 32.2. The summed E-state index contributed by atoms with van der Waals surface area (Å²) in [6, 6.07) is 11.0. The number of hydrogen-bond acceptors (Lipinski definition) is 7. The molecule has 2 aromatic heterocycles. The molecule has 0 unspecified atom stereocenters. The lowest BCUT2D eigenvalue weighted by molar-refractivity contribution is 0.0373. The number of aryl methyl sites for hydroxylation is 1. The second-order valence-electron chi connectivity index (χ2n) is 9.65. The molecule has 1 N–H and O–H groups in total. The molecule has 1 aromatic carbocycles. The van der Waals surface area contributed by atoms with E-state index in [1.165, 1.54) is 23.9 Å². The number of benzene rings is 1. The van der Waals surface area contributed by atoms with Crippen molar-refractivity contribution in [1.29, 1.82) is 0 Å². The van der Waals surface area contributed by atoms with Crippen molar-refractivity contribution < 1.29 is 23.1 Å². The number of carbonyl (C=O) groups excluding carboxylic acids is 1. The molecule has 0 fully saturated rings. The van der Waals surface area contributed by atoms with Crippen molar-refractivity contribution in [3.8, 4) is 5.88 Å². The number of amides is 1. The summed E-state index contributed by atoms with van der Waals surface area (Å²) in [6.07, 6.45) is 7.66. The molecule has 0 aliphatic carbocycles. The highest BCUT2D eigenvalue weighted by Gasteiger charge is 2.36. The van der Waals surface area contributed by atoms with Gasteiger partial charge in [-0.3, -0.25) is 4.79 Å². The van der Waals surface area contributed by atoms with E-state index < -0.39 is 22.2 Å². The summed E-state index contributed by atoms with van der Waals surface area (Å²) in [5.74, 6) is -0.437. The normalized spacial score (nSPS) is 19.2. The standard InChI is InChI=1S/C27H33N5O5S/c1-19-14-32(20(2)17-33)27(34)23-12-22(11-10-21-8-6-5-7-9-21)13-28-26(23)37-24(19)15-31(4)38(35,36)25-16-30(3)18-29-25/h5-13,16,18-20,24,33H,14-15,17H2,1-4H3/b11-10+/t19-,20+,24+/m0/s1. The summed E-state index contributed by atoms with van der Waals surface area (Å²) in [5, 5.41) is 9.81. The van der Waals surface area contributed by atoms with E-state index in [2.05, 4.69) is 9.97 Å². The second kappa shape index (κ2) is 11.5. The summed E-state index contributed by atoms with van der Waals surface area (Å²) in [6.45, 7) is 3.73. The van der Waals surface area contributed by atoms with Crippen molar-refractivity contribution in [3.63, 3.8) is 0 Å². The van der Waals surface area contributed by atoms with Gasteiger partial charge >= 0.3 is 0 Å². The Morgan fingerprint density at radius 2 is 1.92 bits per heavy atom. The first kappa shape index (κ1) is 27.5. The van der Waals surface area contributed by atoms with Gasteiger partial charge in [0.1, 0.15) is 11.7 Å². The van der Waals surface area contributed by atoms with Crippen LogP contribution in [0.4, 0.5) is 0 Å². The number of sulfonamides is 1. The van der Waals surface area contributed by atoms with Crippen LogP contribution in [-0.4, -0.2) is 82.1 Å². The molecule has 0 saturated heterocycles. The van der Waals surface area contributed by atoms with Gasteiger partial charge in [-0.25, -0.2) is 18.4 Å². The van der Waals surface area contributed by atoms with Gasteiger partial charge in [0.25, 0.3) is 15.9 Å². The highest BCUT2D eigenvalue weighted by molar-refractivity contribution is 7.89. The van der Waals surface area contributed by atoms with Gasteiger partial charge in [-0.1, -0.05) is 49.4 Å². The summed E-state index contributed by atoms with van der Waals surface area (Å²) in [7, 11) is -0.677. The molecule has 3 aromatic rings. The van der Waals surface area contributed by atoms with Gasteiger partial charge in [0, 0.05) is 39.0 Å². The monoisotopic (exact) mass is 539 g/mol. The van der Waals surface area contributed by atoms with Gasteiger partial charge in [-0.2, -0.15) is 4.31 Å². The van der Waals surface area contributed by atoms with E-state index in [1.807, 2.05) is 49.4 Å². The van der Waals surface area contributed by atoms with Crippen LogP contribution in [0.25, 0.3) is 12.2 Å². The lowest BCUT2D eigenvalue weighted by atomic mass is 10.00. The smallest absolute Gasteiger partial charge is 0.261 e. The molecule has 1 aliphatic heterocycles. The van der Waals surface area contributed by atoms with Crippen molar-refractivity contribution in [2.75, 3.05) is 26.7 Å². The molecule has 3 atom stereocenters. The number of rotatable bonds is 8. The Balaban J connectivity index is 1.66. The van der Waals surface area contributed by atoms with Crippen molar-refractivity contribution in [1.82, 2.24) is 23.7 Å². The van der Waals surface area contributed by atoms with Crippen LogP contribution in [-0.2, 0) is 17.1 Å². The van der Waals surface area contributed by atoms with Crippen LogP contribution in [0, 0.1) is 5.92 Å². The maximum Gasteiger partial charge on any atom is 0.261 e. The van der Waals surface area contributed by atoms with Crippen LogP contribution in [0.1, 0.15) is 35.3 Å². The molecule has 1 amide bonds. The van der Waals surface area contributed by atoms with E-state index in [9.17, 15) is 18.3 Å². The zero-order chi connectivity index (χ0) is 27.4. The van der Waals surface area contributed by atoms with E-state index in [-0.39, 0.29) is 48.0 Å². The number of fused-ring (bicyclic) bond motifs is 1. The molecule has 11 heteroatoms. The lowest BCUT2D eigenvalue weighted by Gasteiger charge is -2.37. The first-order valence-electron chi connectivity index (χ1n) is 12.4. The molecule has 0 spiro atoms. The number of ether oxygens (including phenoxy) is 1. The third-order valence-electron chi connectivity index (χ3n) is 6.60. The predicted molar refractivity (Wildman–Crippen MR) is 144 cm³/mol. The van der Waals surface area contributed by atoms with Gasteiger partial charge in [-0.15, -0.1) is 0 Å². The Morgan fingerprint density at radius 3 is 2.58 bits per heavy atom. The van der Waals surface area contributed by atoms with Crippen LogP contribution >= 0.6 is 0 Å². The lowest BCUT2D eigenvalue weighted by Crippen LogP contribution is -2.50. The first-order valence-corrected chi connectivity index (χ1v) is 13.8. The number of aliphatic hydroxyl groups is 1. The Morgan fingerprint density at radius 1 is 1.21 bits per heavy atom. The second-order valence-corrected chi connectivity index (χ2v) is 11.6. The van der Waals surface area contributed by atoms with Crippen LogP contribution in [0.2, 0.25) is 0 Å². The van der Waals surface area contributed by atoms with Crippen molar-refractivity contribution >= 4 is 28.1 Å². The maximum absolute atomic E-state index is 13.6. The molecule has 0 saturated carbocycles. The van der Waals surface area contributed by atoms with Gasteiger partial charge in [-0.05, 0) is 24.1 Å². The average Bonchev–Trinajstić information content (AvgIpc) is 3.36. The topological polar surface area (TPSA) is 118 Å². The van der Waals surface area contributed by atoms with Gasteiger partial charge in [0.05, 0.1) is 25.5 Å². The Labute approximate surface area is 223 Å². The number of nitrogens with zero attached hydrogens (tertiary/aromatic N) is 5. The number of aliphatic hydroxyl groups excluding tert-OH is 1. The van der Waals surface area contributed by atoms with Crippen LogP contribution in [0.15, 0.2) is 60.1 Å². The molecule has 3 heterocycles. The van der Waals surface area contributed by atoms with Gasteiger partial charge in [0.15, 0.2) is 5.03 Å². The predicted octanol–water partition coefficient (Wildman–Crippen LogP) is 2.53. The first-order chi connectivity index (χ1) is 18.1. The SMILES string of the molecule is C[C@H](CO)N1C[C@H](C)[C@@H](CN(C)S(=O)(=O)c2cn(C)cn2)Oc2ncc(/C=C/c3ccccc3)cc2C1=O. The van der Waals surface area contributed by atoms with Crippen molar-refractivity contribution in [2.24, 2.45) is 13.0 Å². The summed E-state index contributed by atoms with van der Waals surface area (Å²) < 4.78 is 35.2. The summed E-state index contributed by atoms with van der Waals surface area (Å²) in [5.41, 5.74) is 1.97. The minimum absolute atomic E-state index is 0.0202.